The van der Waals surface area contributed by atoms with Gasteiger partial charge in [0.15, 0.2) is 12.6 Å². The predicted octanol–water partition coefficient (Wildman–Crippen LogP) is 0.804. The second-order valence-electron chi connectivity index (χ2n) is 4.94. The molecular weight excluding hydrogens is 291 g/mol. The highest BCUT2D eigenvalue weighted by molar-refractivity contribution is 6.00. The number of piperidine rings is 1. The predicted molar refractivity (Wildman–Crippen MR) is 77.0 cm³/mol. The molecule has 0 bridgehead atoms. The number of carbonyl (C=O) groups is 4. The molecule has 2 amide bonds. The molecule has 118 valence electrons. The largest absolute Gasteiger partial charge is 0.298 e. The van der Waals surface area contributed by atoms with E-state index in [9.17, 15) is 23.6 Å². The summed E-state index contributed by atoms with van der Waals surface area (Å²) in [6.07, 6.45) is 2.06. The molecule has 1 N–H and O–H groups in total. The van der Waals surface area contributed by atoms with Gasteiger partial charge in [0.25, 0.3) is 0 Å². The molecule has 0 spiro atoms. The Balaban J connectivity index is 0.000000220. The van der Waals surface area contributed by atoms with Gasteiger partial charge in [0.2, 0.25) is 11.8 Å². The number of benzene rings is 1. The van der Waals surface area contributed by atoms with Crippen molar-refractivity contribution in [2.75, 3.05) is 14.1 Å². The van der Waals surface area contributed by atoms with Crippen molar-refractivity contribution >= 4 is 24.4 Å². The van der Waals surface area contributed by atoms with Crippen LogP contribution in [0.4, 0.5) is 4.39 Å². The van der Waals surface area contributed by atoms with Gasteiger partial charge in [-0.15, -0.1) is 0 Å². The number of rotatable bonds is 3. The number of carbonyl (C=O) groups excluding carboxylic acids is 4. The quantitative estimate of drug-likeness (QED) is 0.660. The Morgan fingerprint density at radius 3 is 2.32 bits per heavy atom. The Hall–Kier alpha value is -2.41. The number of halogens is 1. The van der Waals surface area contributed by atoms with E-state index in [1.54, 1.807) is 0 Å². The van der Waals surface area contributed by atoms with Crippen LogP contribution in [0.1, 0.15) is 33.6 Å². The van der Waals surface area contributed by atoms with Gasteiger partial charge in [0, 0.05) is 17.5 Å². The number of imide groups is 1. The van der Waals surface area contributed by atoms with Crippen molar-refractivity contribution in [3.8, 4) is 0 Å². The zero-order valence-electron chi connectivity index (χ0n) is 12.3. The van der Waals surface area contributed by atoms with E-state index < -0.39 is 5.82 Å². The minimum atomic E-state index is -0.516. The number of hydrogen-bond donors (Lipinski definition) is 1. The molecule has 1 aliphatic heterocycles. The van der Waals surface area contributed by atoms with Gasteiger partial charge in [-0.3, -0.25) is 29.4 Å². The van der Waals surface area contributed by atoms with E-state index in [0.717, 1.165) is 12.1 Å². The highest BCUT2D eigenvalue weighted by atomic mass is 19.1. The van der Waals surface area contributed by atoms with Gasteiger partial charge in [-0.1, -0.05) is 0 Å². The second kappa shape index (κ2) is 8.14. The molecule has 1 atom stereocenters. The van der Waals surface area contributed by atoms with Gasteiger partial charge in [0.1, 0.15) is 5.82 Å². The number of nitrogens with one attached hydrogen (secondary N) is 1. The fraction of sp³-hybridized carbons (Fsp3) is 0.333. The van der Waals surface area contributed by atoms with Crippen LogP contribution in [0.2, 0.25) is 0 Å². The van der Waals surface area contributed by atoms with Crippen molar-refractivity contribution in [1.29, 1.82) is 0 Å². The summed E-state index contributed by atoms with van der Waals surface area (Å²) in [6.45, 7) is 0. The summed E-state index contributed by atoms with van der Waals surface area (Å²) in [5.74, 6) is -0.850. The highest BCUT2D eigenvalue weighted by Crippen LogP contribution is 2.08. The first-order valence-corrected chi connectivity index (χ1v) is 6.59. The monoisotopic (exact) mass is 308 g/mol. The highest BCUT2D eigenvalue weighted by Gasteiger charge is 2.27. The summed E-state index contributed by atoms with van der Waals surface area (Å²) in [5.41, 5.74) is 0.293. The Kier molecular flexibility index (Phi) is 6.52. The second-order valence-corrected chi connectivity index (χ2v) is 4.94. The number of aldehydes is 2. The third-order valence-electron chi connectivity index (χ3n) is 3.14. The van der Waals surface area contributed by atoms with Crippen molar-refractivity contribution < 1.29 is 23.6 Å². The molecule has 1 fully saturated rings. The lowest BCUT2D eigenvalue weighted by molar-refractivity contribution is -0.136. The first kappa shape index (κ1) is 17.6. The molecule has 1 aliphatic rings. The van der Waals surface area contributed by atoms with Crippen LogP contribution in [0.25, 0.3) is 0 Å². The standard InChI is InChI=1S/C8H5FO2.C7H12N2O2/c9-8-2-1-6(4-10)7(3-8)5-11;1-9(2)5-3-4-6(10)8-7(5)11/h1-5H;5H,3-4H2,1-2H3,(H,8,10,11). The summed E-state index contributed by atoms with van der Waals surface area (Å²) < 4.78 is 12.4. The molecule has 1 heterocycles. The Labute approximate surface area is 127 Å². The zero-order valence-corrected chi connectivity index (χ0v) is 12.3. The maximum Gasteiger partial charge on any atom is 0.243 e. The Morgan fingerprint density at radius 2 is 1.82 bits per heavy atom. The van der Waals surface area contributed by atoms with Gasteiger partial charge >= 0.3 is 0 Å². The molecular formula is C15H17FN2O4. The molecule has 22 heavy (non-hydrogen) atoms. The Morgan fingerprint density at radius 1 is 1.18 bits per heavy atom. The van der Waals surface area contributed by atoms with Gasteiger partial charge in [-0.2, -0.15) is 0 Å². The molecule has 1 aromatic carbocycles. The molecule has 0 saturated carbocycles. The number of hydrogen-bond acceptors (Lipinski definition) is 5. The first-order valence-electron chi connectivity index (χ1n) is 6.59. The van der Waals surface area contributed by atoms with Crippen LogP contribution in [-0.2, 0) is 9.59 Å². The fourth-order valence-corrected chi connectivity index (χ4v) is 1.93. The van der Waals surface area contributed by atoms with Crippen LogP contribution in [0, 0.1) is 5.82 Å². The molecule has 7 heteroatoms. The lowest BCUT2D eigenvalue weighted by Gasteiger charge is -2.26. The molecule has 1 unspecified atom stereocenters. The maximum atomic E-state index is 12.4. The fourth-order valence-electron chi connectivity index (χ4n) is 1.93. The zero-order chi connectivity index (χ0) is 16.7. The molecule has 2 rings (SSSR count). The van der Waals surface area contributed by atoms with Crippen LogP contribution >= 0.6 is 0 Å². The van der Waals surface area contributed by atoms with Crippen LogP contribution in [-0.4, -0.2) is 49.4 Å². The topological polar surface area (TPSA) is 83.6 Å². The van der Waals surface area contributed by atoms with Crippen LogP contribution in [0.3, 0.4) is 0 Å². The van der Waals surface area contributed by atoms with Crippen LogP contribution < -0.4 is 5.32 Å². The normalized spacial score (nSPS) is 17.4. The van der Waals surface area contributed by atoms with E-state index >= 15 is 0 Å². The van der Waals surface area contributed by atoms with Crippen LogP contribution in [0.5, 0.6) is 0 Å². The van der Waals surface area contributed by atoms with E-state index in [1.807, 2.05) is 19.0 Å². The number of likely N-dealkylation sites (N-methyl/N-ethyl adjacent to an activating group) is 1. The van der Waals surface area contributed by atoms with Gasteiger partial charge in [-0.05, 0) is 38.7 Å². The summed E-state index contributed by atoms with van der Waals surface area (Å²) in [7, 11) is 3.67. The molecule has 0 radical (unpaired) electrons. The summed E-state index contributed by atoms with van der Waals surface area (Å²) in [4.78, 5) is 44.0. The first-order chi connectivity index (χ1) is 10.4. The molecule has 0 aliphatic carbocycles. The Bertz CT molecular complexity index is 587. The smallest absolute Gasteiger partial charge is 0.243 e. The molecule has 1 saturated heterocycles. The van der Waals surface area contributed by atoms with E-state index in [4.69, 9.17) is 0 Å². The maximum absolute atomic E-state index is 12.4. The van der Waals surface area contributed by atoms with E-state index in [-0.39, 0.29) is 29.0 Å². The van der Waals surface area contributed by atoms with Gasteiger partial charge in [0.05, 0.1) is 6.04 Å². The summed E-state index contributed by atoms with van der Waals surface area (Å²) >= 11 is 0. The van der Waals surface area contributed by atoms with Gasteiger partial charge < -0.3 is 0 Å². The molecule has 1 aromatic rings. The third-order valence-corrected chi connectivity index (χ3v) is 3.14. The van der Waals surface area contributed by atoms with Gasteiger partial charge in [-0.25, -0.2) is 4.39 Å². The third kappa shape index (κ3) is 4.85. The van der Waals surface area contributed by atoms with Crippen molar-refractivity contribution in [3.63, 3.8) is 0 Å². The van der Waals surface area contributed by atoms with Crippen molar-refractivity contribution in [1.82, 2.24) is 10.2 Å². The van der Waals surface area contributed by atoms with E-state index in [1.165, 1.54) is 6.07 Å². The van der Waals surface area contributed by atoms with E-state index in [2.05, 4.69) is 5.32 Å². The summed E-state index contributed by atoms with van der Waals surface area (Å²) in [5, 5.41) is 2.29. The van der Waals surface area contributed by atoms with Crippen molar-refractivity contribution in [2.24, 2.45) is 0 Å². The number of nitrogens with zero attached hydrogens (tertiary/aromatic N) is 1. The average molecular weight is 308 g/mol. The average Bonchev–Trinajstić information content (AvgIpc) is 2.47. The molecule has 6 nitrogen and oxygen atoms in total. The number of amides is 2. The van der Waals surface area contributed by atoms with E-state index in [0.29, 0.717) is 25.4 Å². The minimum absolute atomic E-state index is 0.0833. The van der Waals surface area contributed by atoms with Crippen molar-refractivity contribution in [3.05, 3.63) is 35.1 Å². The molecule has 0 aromatic heterocycles. The SMILES string of the molecule is CN(C)C1CCC(=O)NC1=O.O=Cc1ccc(F)cc1C=O. The minimum Gasteiger partial charge on any atom is -0.298 e. The van der Waals surface area contributed by atoms with Crippen molar-refractivity contribution in [2.45, 2.75) is 18.9 Å². The summed E-state index contributed by atoms with van der Waals surface area (Å²) in [6, 6.07) is 3.30. The lowest BCUT2D eigenvalue weighted by atomic mass is 10.1. The van der Waals surface area contributed by atoms with Crippen LogP contribution in [0.15, 0.2) is 18.2 Å². The lowest BCUT2D eigenvalue weighted by Crippen LogP contribution is -2.50.